The lowest BCUT2D eigenvalue weighted by Crippen LogP contribution is -2.40. The van der Waals surface area contributed by atoms with Crippen LogP contribution in [0.25, 0.3) is 0 Å². The Morgan fingerprint density at radius 1 is 1.32 bits per heavy atom. The van der Waals surface area contributed by atoms with Gasteiger partial charge in [-0.2, -0.15) is 0 Å². The largest absolute Gasteiger partial charge is 0.478 e. The second kappa shape index (κ2) is 8.91. The van der Waals surface area contributed by atoms with Crippen molar-refractivity contribution in [1.29, 1.82) is 0 Å². The third-order valence-electron chi connectivity index (χ3n) is 6.46. The number of carboxylic acids is 1. The highest BCUT2D eigenvalue weighted by Gasteiger charge is 2.41. The summed E-state index contributed by atoms with van der Waals surface area (Å²) in [6.45, 7) is 2.77. The highest BCUT2D eigenvalue weighted by molar-refractivity contribution is 5.87. The molecule has 5 nitrogen and oxygen atoms in total. The number of benzene rings is 1. The lowest BCUT2D eigenvalue weighted by molar-refractivity contribution is -0.128. The van der Waals surface area contributed by atoms with Crippen molar-refractivity contribution in [2.45, 2.75) is 70.4 Å². The van der Waals surface area contributed by atoms with Crippen LogP contribution in [-0.4, -0.2) is 45.7 Å². The first kappa shape index (κ1) is 20.6. The fourth-order valence-electron chi connectivity index (χ4n) is 4.57. The quantitative estimate of drug-likeness (QED) is 0.634. The molecular formula is C23H31NO4. The maximum atomic E-state index is 12.3. The van der Waals surface area contributed by atoms with Crippen molar-refractivity contribution in [3.8, 4) is 0 Å². The second-order valence-corrected chi connectivity index (χ2v) is 8.24. The highest BCUT2D eigenvalue weighted by Crippen LogP contribution is 2.48. The van der Waals surface area contributed by atoms with Crippen LogP contribution in [0.4, 0.5) is 0 Å². The van der Waals surface area contributed by atoms with Gasteiger partial charge in [-0.3, -0.25) is 4.79 Å². The number of aliphatic hydroxyl groups is 1. The molecule has 0 spiro atoms. The molecule has 1 amide bonds. The van der Waals surface area contributed by atoms with Gasteiger partial charge in [-0.05, 0) is 55.2 Å². The molecule has 0 bridgehead atoms. The number of nitrogens with zero attached hydrogens (tertiary/aromatic N) is 1. The van der Waals surface area contributed by atoms with Crippen LogP contribution in [0.15, 0.2) is 36.4 Å². The first-order chi connectivity index (χ1) is 13.4. The van der Waals surface area contributed by atoms with Gasteiger partial charge in [-0.25, -0.2) is 4.79 Å². The first-order valence-electron chi connectivity index (χ1n) is 10.4. The van der Waals surface area contributed by atoms with Crippen molar-refractivity contribution in [2.24, 2.45) is 5.41 Å². The number of aromatic carboxylic acids is 1. The minimum absolute atomic E-state index is 0.0409. The molecule has 1 aromatic rings. The van der Waals surface area contributed by atoms with Crippen molar-refractivity contribution in [1.82, 2.24) is 4.90 Å². The number of hydrogen-bond acceptors (Lipinski definition) is 3. The van der Waals surface area contributed by atoms with E-state index in [-0.39, 0.29) is 22.9 Å². The maximum absolute atomic E-state index is 12.3. The standard InChI is InChI=1S/C23H31NO4/c1-2-13-23(14-3-15-23)20(25)10-8-19-9-11-21(26)24(19)16-12-17-4-6-18(7-5-17)22(27)28/h4-8,10,19-20,25H,2-3,9,11-16H2,1H3,(H,27,28)/b10-8+/t19-,20?/m0/s1. The summed E-state index contributed by atoms with van der Waals surface area (Å²) in [7, 11) is 0. The molecule has 1 saturated heterocycles. The Bertz CT molecular complexity index is 721. The SMILES string of the molecule is CCCC1(C(O)/C=C/[C@H]2CCC(=O)N2CCc2ccc(C(=O)O)cc2)CCC1. The Balaban J connectivity index is 1.59. The Morgan fingerprint density at radius 3 is 2.61 bits per heavy atom. The van der Waals surface area contributed by atoms with E-state index in [0.717, 1.165) is 37.7 Å². The van der Waals surface area contributed by atoms with E-state index >= 15 is 0 Å². The zero-order valence-electron chi connectivity index (χ0n) is 16.6. The van der Waals surface area contributed by atoms with Gasteiger partial charge in [0.1, 0.15) is 0 Å². The molecule has 1 aliphatic heterocycles. The van der Waals surface area contributed by atoms with E-state index in [1.807, 2.05) is 29.2 Å². The molecule has 1 unspecified atom stereocenters. The van der Waals surface area contributed by atoms with E-state index in [4.69, 9.17) is 5.11 Å². The molecule has 1 aromatic carbocycles. The molecule has 0 radical (unpaired) electrons. The third-order valence-corrected chi connectivity index (χ3v) is 6.46. The molecular weight excluding hydrogens is 354 g/mol. The number of likely N-dealkylation sites (tertiary alicyclic amines) is 1. The monoisotopic (exact) mass is 385 g/mol. The first-order valence-corrected chi connectivity index (χ1v) is 10.4. The highest BCUT2D eigenvalue weighted by atomic mass is 16.4. The Morgan fingerprint density at radius 2 is 2.04 bits per heavy atom. The van der Waals surface area contributed by atoms with E-state index in [0.29, 0.717) is 19.4 Å². The van der Waals surface area contributed by atoms with Gasteiger partial charge in [0.05, 0.1) is 17.7 Å². The summed E-state index contributed by atoms with van der Waals surface area (Å²) < 4.78 is 0. The Labute approximate surface area is 167 Å². The molecule has 3 rings (SSSR count). The predicted molar refractivity (Wildman–Crippen MR) is 108 cm³/mol. The Hall–Kier alpha value is -2.14. The lowest BCUT2D eigenvalue weighted by atomic mass is 9.62. The zero-order valence-corrected chi connectivity index (χ0v) is 16.6. The van der Waals surface area contributed by atoms with Crippen LogP contribution in [-0.2, 0) is 11.2 Å². The van der Waals surface area contributed by atoms with E-state index in [1.165, 1.54) is 6.42 Å². The van der Waals surface area contributed by atoms with E-state index in [2.05, 4.69) is 6.92 Å². The normalized spacial score (nSPS) is 22.4. The smallest absolute Gasteiger partial charge is 0.335 e. The molecule has 28 heavy (non-hydrogen) atoms. The fourth-order valence-corrected chi connectivity index (χ4v) is 4.57. The summed E-state index contributed by atoms with van der Waals surface area (Å²) in [4.78, 5) is 25.2. The predicted octanol–water partition coefficient (Wildman–Crippen LogP) is 3.81. The van der Waals surface area contributed by atoms with Gasteiger partial charge in [0, 0.05) is 13.0 Å². The molecule has 1 heterocycles. The van der Waals surface area contributed by atoms with Gasteiger partial charge in [0.15, 0.2) is 0 Å². The zero-order chi connectivity index (χ0) is 20.1. The van der Waals surface area contributed by atoms with Crippen LogP contribution >= 0.6 is 0 Å². The molecule has 1 aliphatic carbocycles. The number of carbonyl (C=O) groups excluding carboxylic acids is 1. The summed E-state index contributed by atoms with van der Waals surface area (Å²) in [5.74, 6) is -0.782. The molecule has 2 atom stereocenters. The van der Waals surface area contributed by atoms with Crippen LogP contribution in [0.2, 0.25) is 0 Å². The topological polar surface area (TPSA) is 77.8 Å². The van der Waals surface area contributed by atoms with Crippen LogP contribution in [0, 0.1) is 5.41 Å². The summed E-state index contributed by atoms with van der Waals surface area (Å²) in [5, 5.41) is 19.7. The number of aliphatic hydroxyl groups excluding tert-OH is 1. The van der Waals surface area contributed by atoms with Gasteiger partial charge in [-0.1, -0.05) is 44.1 Å². The van der Waals surface area contributed by atoms with Crippen molar-refractivity contribution < 1.29 is 19.8 Å². The fraction of sp³-hybridized carbons (Fsp3) is 0.565. The molecule has 1 saturated carbocycles. The van der Waals surface area contributed by atoms with E-state index in [9.17, 15) is 14.7 Å². The second-order valence-electron chi connectivity index (χ2n) is 8.24. The average Bonchev–Trinajstić information content (AvgIpc) is 3.01. The van der Waals surface area contributed by atoms with Gasteiger partial charge in [0.2, 0.25) is 5.91 Å². The maximum Gasteiger partial charge on any atom is 0.335 e. The van der Waals surface area contributed by atoms with Crippen LogP contribution in [0.3, 0.4) is 0 Å². The average molecular weight is 386 g/mol. The summed E-state index contributed by atoms with van der Waals surface area (Å²) >= 11 is 0. The number of amides is 1. The molecule has 152 valence electrons. The van der Waals surface area contributed by atoms with Crippen LogP contribution in [0.5, 0.6) is 0 Å². The van der Waals surface area contributed by atoms with Crippen molar-refractivity contribution in [3.63, 3.8) is 0 Å². The van der Waals surface area contributed by atoms with Crippen LogP contribution in [0.1, 0.15) is 67.8 Å². The minimum Gasteiger partial charge on any atom is -0.478 e. The molecule has 5 heteroatoms. The molecule has 0 aromatic heterocycles. The van der Waals surface area contributed by atoms with Crippen molar-refractivity contribution in [2.75, 3.05) is 6.54 Å². The third kappa shape index (κ3) is 4.46. The lowest BCUT2D eigenvalue weighted by Gasteiger charge is -2.45. The molecule has 2 aliphatic rings. The van der Waals surface area contributed by atoms with Gasteiger partial charge in [0.25, 0.3) is 0 Å². The van der Waals surface area contributed by atoms with E-state index in [1.54, 1.807) is 12.1 Å². The molecule has 2 N–H and O–H groups in total. The summed E-state index contributed by atoms with van der Waals surface area (Å²) in [6.07, 6.45) is 11.1. The van der Waals surface area contributed by atoms with Gasteiger partial charge < -0.3 is 15.1 Å². The van der Waals surface area contributed by atoms with Crippen molar-refractivity contribution >= 4 is 11.9 Å². The number of carboxylic acid groups (broad SMARTS) is 1. The van der Waals surface area contributed by atoms with Gasteiger partial charge in [-0.15, -0.1) is 0 Å². The number of carbonyl (C=O) groups is 2. The van der Waals surface area contributed by atoms with Crippen molar-refractivity contribution in [3.05, 3.63) is 47.5 Å². The Kier molecular flexibility index (Phi) is 6.55. The summed E-state index contributed by atoms with van der Waals surface area (Å²) in [5.41, 5.74) is 1.33. The number of rotatable bonds is 9. The van der Waals surface area contributed by atoms with E-state index < -0.39 is 12.1 Å². The number of hydrogen-bond donors (Lipinski definition) is 2. The van der Waals surface area contributed by atoms with Gasteiger partial charge >= 0.3 is 5.97 Å². The minimum atomic E-state index is -0.933. The summed E-state index contributed by atoms with van der Waals surface area (Å²) in [6, 6.07) is 6.86. The van der Waals surface area contributed by atoms with Crippen LogP contribution < -0.4 is 0 Å². The molecule has 2 fully saturated rings.